The van der Waals surface area contributed by atoms with Crippen molar-refractivity contribution in [2.75, 3.05) is 18.6 Å². The average Bonchev–Trinajstić information content (AvgIpc) is 3.06. The lowest BCUT2D eigenvalue weighted by molar-refractivity contribution is -0.139. The molecule has 4 rings (SSSR count). The SMILES string of the molecule is COc1ccc(CN2C(=O)CCCC[C@H]3N(c4ncccn4)CC[C@]32C)cc1. The Morgan fingerprint density at radius 1 is 1.18 bits per heavy atom. The Morgan fingerprint density at radius 3 is 2.64 bits per heavy atom. The molecule has 0 N–H and O–H groups in total. The summed E-state index contributed by atoms with van der Waals surface area (Å²) in [4.78, 5) is 26.5. The van der Waals surface area contributed by atoms with Gasteiger partial charge in [-0.15, -0.1) is 0 Å². The van der Waals surface area contributed by atoms with Crippen molar-refractivity contribution in [2.24, 2.45) is 0 Å². The number of anilines is 1. The summed E-state index contributed by atoms with van der Waals surface area (Å²) < 4.78 is 5.27. The predicted octanol–water partition coefficient (Wildman–Crippen LogP) is 3.43. The molecule has 2 saturated heterocycles. The highest BCUT2D eigenvalue weighted by Gasteiger charge is 2.50. The molecule has 0 aliphatic carbocycles. The molecule has 2 fully saturated rings. The van der Waals surface area contributed by atoms with E-state index in [1.54, 1.807) is 19.5 Å². The summed E-state index contributed by atoms with van der Waals surface area (Å²) in [6, 6.07) is 10.1. The topological polar surface area (TPSA) is 58.6 Å². The number of benzene rings is 1. The summed E-state index contributed by atoms with van der Waals surface area (Å²) in [5.41, 5.74) is 0.903. The van der Waals surface area contributed by atoms with E-state index in [0.29, 0.717) is 13.0 Å². The fourth-order valence-corrected chi connectivity index (χ4v) is 4.68. The van der Waals surface area contributed by atoms with Crippen molar-refractivity contribution < 1.29 is 9.53 Å². The maximum Gasteiger partial charge on any atom is 0.225 e. The van der Waals surface area contributed by atoms with Crippen LogP contribution in [-0.4, -0.2) is 46.0 Å². The second kappa shape index (κ2) is 7.78. The van der Waals surface area contributed by atoms with Crippen molar-refractivity contribution in [1.29, 1.82) is 0 Å². The van der Waals surface area contributed by atoms with Gasteiger partial charge in [-0.2, -0.15) is 0 Å². The third kappa shape index (κ3) is 3.43. The first-order valence-electron chi connectivity index (χ1n) is 10.1. The smallest absolute Gasteiger partial charge is 0.225 e. The highest BCUT2D eigenvalue weighted by atomic mass is 16.5. The Labute approximate surface area is 166 Å². The largest absolute Gasteiger partial charge is 0.497 e. The first kappa shape index (κ1) is 18.7. The summed E-state index contributed by atoms with van der Waals surface area (Å²) >= 11 is 0. The van der Waals surface area contributed by atoms with Gasteiger partial charge in [-0.3, -0.25) is 4.79 Å². The van der Waals surface area contributed by atoms with Crippen LogP contribution < -0.4 is 9.64 Å². The quantitative estimate of drug-likeness (QED) is 0.813. The van der Waals surface area contributed by atoms with Crippen molar-refractivity contribution >= 4 is 11.9 Å². The first-order valence-corrected chi connectivity index (χ1v) is 10.1. The van der Waals surface area contributed by atoms with Gasteiger partial charge >= 0.3 is 0 Å². The van der Waals surface area contributed by atoms with E-state index in [-0.39, 0.29) is 17.5 Å². The Morgan fingerprint density at radius 2 is 1.93 bits per heavy atom. The number of aromatic nitrogens is 2. The molecule has 0 unspecified atom stereocenters. The van der Waals surface area contributed by atoms with Crippen molar-refractivity contribution in [3.8, 4) is 5.75 Å². The molecule has 2 aromatic rings. The fraction of sp³-hybridized carbons (Fsp3) is 0.500. The van der Waals surface area contributed by atoms with Gasteiger partial charge in [0, 0.05) is 31.9 Å². The number of carbonyl (C=O) groups excluding carboxylic acids is 1. The number of carbonyl (C=O) groups is 1. The Bertz CT molecular complexity index is 811. The van der Waals surface area contributed by atoms with Gasteiger partial charge in [-0.1, -0.05) is 18.6 Å². The maximum atomic E-state index is 13.1. The number of likely N-dealkylation sites (tertiary alicyclic amines) is 1. The van der Waals surface area contributed by atoms with Crippen LogP contribution in [0.15, 0.2) is 42.7 Å². The third-order valence-corrected chi connectivity index (χ3v) is 6.30. The second-order valence-corrected chi connectivity index (χ2v) is 7.94. The number of nitrogens with zero attached hydrogens (tertiary/aromatic N) is 4. The fourth-order valence-electron chi connectivity index (χ4n) is 4.68. The number of amides is 1. The highest BCUT2D eigenvalue weighted by Crippen LogP contribution is 2.41. The van der Waals surface area contributed by atoms with Crippen LogP contribution in [0, 0.1) is 0 Å². The minimum atomic E-state index is -0.226. The number of hydrogen-bond acceptors (Lipinski definition) is 5. The van der Waals surface area contributed by atoms with Gasteiger partial charge < -0.3 is 14.5 Å². The van der Waals surface area contributed by atoms with Gasteiger partial charge in [0.05, 0.1) is 18.7 Å². The first-order chi connectivity index (χ1) is 13.6. The number of ether oxygens (including phenoxy) is 1. The minimum Gasteiger partial charge on any atom is -0.497 e. The molecule has 0 spiro atoms. The number of fused-ring (bicyclic) bond motifs is 1. The van der Waals surface area contributed by atoms with Crippen LogP contribution >= 0.6 is 0 Å². The lowest BCUT2D eigenvalue weighted by atomic mass is 9.84. The maximum absolute atomic E-state index is 13.1. The summed E-state index contributed by atoms with van der Waals surface area (Å²) in [6.45, 7) is 3.74. The van der Waals surface area contributed by atoms with Crippen molar-refractivity contribution in [1.82, 2.24) is 14.9 Å². The average molecular weight is 380 g/mol. The van der Waals surface area contributed by atoms with Gasteiger partial charge in [-0.05, 0) is 49.9 Å². The summed E-state index contributed by atoms with van der Waals surface area (Å²) in [5.74, 6) is 1.85. The minimum absolute atomic E-state index is 0.226. The zero-order chi connectivity index (χ0) is 19.6. The molecule has 1 aromatic heterocycles. The van der Waals surface area contributed by atoms with E-state index < -0.39 is 0 Å². The zero-order valence-corrected chi connectivity index (χ0v) is 16.7. The summed E-state index contributed by atoms with van der Waals surface area (Å²) in [7, 11) is 1.67. The van der Waals surface area contributed by atoms with Crippen molar-refractivity contribution in [2.45, 2.75) is 57.2 Å². The molecule has 2 aliphatic heterocycles. The van der Waals surface area contributed by atoms with Crippen LogP contribution in [0.1, 0.15) is 44.6 Å². The van der Waals surface area contributed by atoms with E-state index >= 15 is 0 Å². The van der Waals surface area contributed by atoms with Crippen molar-refractivity contribution in [3.05, 3.63) is 48.3 Å². The van der Waals surface area contributed by atoms with Gasteiger partial charge in [0.15, 0.2) is 0 Å². The van der Waals surface area contributed by atoms with Gasteiger partial charge in [0.2, 0.25) is 11.9 Å². The monoisotopic (exact) mass is 380 g/mol. The van der Waals surface area contributed by atoms with Gasteiger partial charge in [0.25, 0.3) is 0 Å². The van der Waals surface area contributed by atoms with Crippen LogP contribution in [0.5, 0.6) is 5.75 Å². The molecular weight excluding hydrogens is 352 g/mol. The van der Waals surface area contributed by atoms with Gasteiger partial charge in [0.1, 0.15) is 5.75 Å². The van der Waals surface area contributed by atoms with E-state index in [4.69, 9.17) is 4.74 Å². The van der Waals surface area contributed by atoms with E-state index in [1.165, 1.54) is 0 Å². The Kier molecular flexibility index (Phi) is 5.20. The normalized spacial score (nSPS) is 25.2. The molecule has 2 atom stereocenters. The molecule has 1 aromatic carbocycles. The Balaban J connectivity index is 1.64. The van der Waals surface area contributed by atoms with Crippen LogP contribution in [0.3, 0.4) is 0 Å². The molecule has 0 radical (unpaired) electrons. The number of rotatable bonds is 4. The second-order valence-electron chi connectivity index (χ2n) is 7.94. The predicted molar refractivity (Wildman–Crippen MR) is 108 cm³/mol. The zero-order valence-electron chi connectivity index (χ0n) is 16.7. The van der Waals surface area contributed by atoms with Crippen LogP contribution in [-0.2, 0) is 11.3 Å². The molecule has 2 aliphatic rings. The molecule has 6 nitrogen and oxygen atoms in total. The molecular formula is C22H28N4O2. The van der Waals surface area contributed by atoms with E-state index in [0.717, 1.165) is 49.5 Å². The molecule has 148 valence electrons. The molecule has 1 amide bonds. The van der Waals surface area contributed by atoms with Crippen LogP contribution in [0.2, 0.25) is 0 Å². The Hall–Kier alpha value is -2.63. The molecule has 0 saturated carbocycles. The standard InChI is InChI=1S/C22H28N4O2/c1-22-12-15-25(21-23-13-5-14-24-21)19(22)6-3-4-7-20(27)26(22)16-17-8-10-18(28-2)11-9-17/h5,8-11,13-14,19H,3-4,6-7,12,15-16H2,1-2H3/t19-,22-/m1/s1. The van der Waals surface area contributed by atoms with E-state index in [9.17, 15) is 4.79 Å². The lowest BCUT2D eigenvalue weighted by Gasteiger charge is -2.45. The highest BCUT2D eigenvalue weighted by molar-refractivity contribution is 5.77. The molecule has 3 heterocycles. The molecule has 0 bridgehead atoms. The van der Waals surface area contributed by atoms with Gasteiger partial charge in [-0.25, -0.2) is 9.97 Å². The summed E-state index contributed by atoms with van der Waals surface area (Å²) in [6.07, 6.45) is 8.20. The molecule has 28 heavy (non-hydrogen) atoms. The van der Waals surface area contributed by atoms with E-state index in [2.05, 4.69) is 38.8 Å². The van der Waals surface area contributed by atoms with Crippen LogP contribution in [0.4, 0.5) is 5.95 Å². The number of hydrogen-bond donors (Lipinski definition) is 0. The van der Waals surface area contributed by atoms with Crippen LogP contribution in [0.25, 0.3) is 0 Å². The van der Waals surface area contributed by atoms with E-state index in [1.807, 2.05) is 18.2 Å². The lowest BCUT2D eigenvalue weighted by Crippen LogP contribution is -2.57. The van der Waals surface area contributed by atoms with Crippen molar-refractivity contribution in [3.63, 3.8) is 0 Å². The third-order valence-electron chi connectivity index (χ3n) is 6.30. The summed E-state index contributed by atoms with van der Waals surface area (Å²) in [5, 5.41) is 0. The number of methoxy groups -OCH3 is 1. The molecule has 6 heteroatoms.